The fourth-order valence-electron chi connectivity index (χ4n) is 5.55. The lowest BCUT2D eigenvalue weighted by atomic mass is 9.88. The Morgan fingerprint density at radius 1 is 0.902 bits per heavy atom. The van der Waals surface area contributed by atoms with E-state index in [1.165, 1.54) is 0 Å². The van der Waals surface area contributed by atoms with Crippen LogP contribution in [0.25, 0.3) is 21.8 Å². The molecule has 2 unspecified atom stereocenters. The molecule has 1 saturated heterocycles. The molecule has 9 nitrogen and oxygen atoms in total. The number of rotatable bonds is 12. The second-order valence-electron chi connectivity index (χ2n) is 10.3. The highest BCUT2D eigenvalue weighted by Crippen LogP contribution is 2.30. The predicted molar refractivity (Wildman–Crippen MR) is 155 cm³/mol. The van der Waals surface area contributed by atoms with Crippen LogP contribution in [-0.2, 0) is 9.53 Å². The van der Waals surface area contributed by atoms with Gasteiger partial charge in [0.1, 0.15) is 11.5 Å². The molecule has 1 aliphatic heterocycles. The maximum atomic E-state index is 12.5. The number of hydrogen-bond acceptors (Lipinski definition) is 9. The van der Waals surface area contributed by atoms with Crippen molar-refractivity contribution in [3.05, 3.63) is 73.1 Å². The van der Waals surface area contributed by atoms with E-state index in [9.17, 15) is 15.0 Å². The Bertz CT molecular complexity index is 1440. The average Bonchev–Trinajstić information content (AvgIpc) is 2.99. The SMILES string of the molecule is CCOC(=O)C1CCN(CC[C@H](O)Oc2cccc3ncccc23)C(CC[C@H](O)Oc2cccc3ncccc23)C1. The van der Waals surface area contributed by atoms with Gasteiger partial charge in [-0.05, 0) is 81.3 Å². The third-order valence-corrected chi connectivity index (χ3v) is 7.61. The summed E-state index contributed by atoms with van der Waals surface area (Å²) in [6.45, 7) is 3.43. The second kappa shape index (κ2) is 13.7. The van der Waals surface area contributed by atoms with Gasteiger partial charge in [-0.2, -0.15) is 0 Å². The smallest absolute Gasteiger partial charge is 0.309 e. The van der Waals surface area contributed by atoms with Crippen LogP contribution in [-0.4, -0.2) is 69.4 Å². The summed E-state index contributed by atoms with van der Waals surface area (Å²) < 4.78 is 17.1. The summed E-state index contributed by atoms with van der Waals surface area (Å²) in [5.74, 6) is 0.800. The lowest BCUT2D eigenvalue weighted by Crippen LogP contribution is -2.46. The van der Waals surface area contributed by atoms with Gasteiger partial charge in [0.2, 0.25) is 0 Å². The molecule has 216 valence electrons. The van der Waals surface area contributed by atoms with Crippen LogP contribution in [0.5, 0.6) is 11.5 Å². The minimum Gasteiger partial charge on any atom is -0.466 e. The molecule has 41 heavy (non-hydrogen) atoms. The Morgan fingerprint density at radius 2 is 1.51 bits per heavy atom. The topological polar surface area (TPSA) is 114 Å². The first-order valence-electron chi connectivity index (χ1n) is 14.3. The lowest BCUT2D eigenvalue weighted by Gasteiger charge is -2.39. The second-order valence-corrected chi connectivity index (χ2v) is 10.3. The molecule has 0 aliphatic carbocycles. The molecule has 0 saturated carbocycles. The number of fused-ring (bicyclic) bond motifs is 2. The number of likely N-dealkylation sites (tertiary alicyclic amines) is 1. The highest BCUT2D eigenvalue weighted by molar-refractivity contribution is 5.85. The van der Waals surface area contributed by atoms with E-state index in [4.69, 9.17) is 14.2 Å². The van der Waals surface area contributed by atoms with Gasteiger partial charge in [0.05, 0.1) is 23.6 Å². The van der Waals surface area contributed by atoms with E-state index < -0.39 is 12.6 Å². The minimum absolute atomic E-state index is 0.0135. The van der Waals surface area contributed by atoms with Crippen LogP contribution in [0.1, 0.15) is 39.0 Å². The number of pyridine rings is 2. The molecule has 3 heterocycles. The molecule has 4 aromatic rings. The summed E-state index contributed by atoms with van der Waals surface area (Å²) in [5, 5.41) is 23.2. The van der Waals surface area contributed by atoms with Crippen LogP contribution < -0.4 is 9.47 Å². The number of benzene rings is 2. The number of aliphatic hydroxyl groups excluding tert-OH is 2. The zero-order valence-corrected chi connectivity index (χ0v) is 23.3. The van der Waals surface area contributed by atoms with Crippen LogP contribution in [0.2, 0.25) is 0 Å². The first kappa shape index (κ1) is 28.7. The highest BCUT2D eigenvalue weighted by Gasteiger charge is 2.33. The predicted octanol–water partition coefficient (Wildman–Crippen LogP) is 4.69. The van der Waals surface area contributed by atoms with E-state index in [0.717, 1.165) is 21.8 Å². The first-order valence-corrected chi connectivity index (χ1v) is 14.3. The maximum Gasteiger partial charge on any atom is 0.309 e. The molecule has 0 spiro atoms. The number of hydrogen-bond donors (Lipinski definition) is 2. The molecular formula is C32H37N3O6. The van der Waals surface area contributed by atoms with Crippen molar-refractivity contribution >= 4 is 27.8 Å². The van der Waals surface area contributed by atoms with Crippen molar-refractivity contribution in [3.63, 3.8) is 0 Å². The van der Waals surface area contributed by atoms with E-state index in [0.29, 0.717) is 63.3 Å². The van der Waals surface area contributed by atoms with Gasteiger partial charge in [-0.3, -0.25) is 14.8 Å². The van der Waals surface area contributed by atoms with E-state index in [2.05, 4.69) is 14.9 Å². The van der Waals surface area contributed by atoms with Crippen LogP contribution in [0, 0.1) is 5.92 Å². The summed E-state index contributed by atoms with van der Waals surface area (Å²) in [6.07, 6.45) is 4.13. The summed E-state index contributed by atoms with van der Waals surface area (Å²) in [7, 11) is 0. The molecular weight excluding hydrogens is 522 g/mol. The van der Waals surface area contributed by atoms with E-state index >= 15 is 0 Å². The Balaban J connectivity index is 1.20. The molecule has 2 aromatic carbocycles. The van der Waals surface area contributed by atoms with Gasteiger partial charge in [0, 0.05) is 48.6 Å². The van der Waals surface area contributed by atoms with Gasteiger partial charge >= 0.3 is 5.97 Å². The van der Waals surface area contributed by atoms with Gasteiger partial charge in [0.25, 0.3) is 0 Å². The van der Waals surface area contributed by atoms with Crippen molar-refractivity contribution in [3.8, 4) is 11.5 Å². The van der Waals surface area contributed by atoms with Crippen LogP contribution in [0.4, 0.5) is 0 Å². The fourth-order valence-corrected chi connectivity index (χ4v) is 5.55. The third kappa shape index (κ3) is 7.30. The van der Waals surface area contributed by atoms with Gasteiger partial charge in [-0.15, -0.1) is 0 Å². The Labute approximate surface area is 239 Å². The number of piperidine rings is 1. The number of nitrogens with zero attached hydrogens (tertiary/aromatic N) is 3. The van der Waals surface area contributed by atoms with Gasteiger partial charge in [-0.1, -0.05) is 12.1 Å². The average molecular weight is 560 g/mol. The highest BCUT2D eigenvalue weighted by atomic mass is 16.6. The molecule has 2 N–H and O–H groups in total. The Morgan fingerprint density at radius 3 is 2.12 bits per heavy atom. The van der Waals surface area contributed by atoms with Crippen molar-refractivity contribution < 1.29 is 29.2 Å². The first-order chi connectivity index (χ1) is 20.0. The van der Waals surface area contributed by atoms with E-state index in [1.807, 2.05) is 67.6 Å². The zero-order chi connectivity index (χ0) is 28.6. The number of carbonyl (C=O) groups excluding carboxylic acids is 1. The van der Waals surface area contributed by atoms with Crippen molar-refractivity contribution in [2.45, 2.75) is 57.6 Å². The zero-order valence-electron chi connectivity index (χ0n) is 23.3. The molecule has 0 radical (unpaired) electrons. The van der Waals surface area contributed by atoms with E-state index in [-0.39, 0.29) is 17.9 Å². The molecule has 5 rings (SSSR count). The van der Waals surface area contributed by atoms with Gasteiger partial charge in [0.15, 0.2) is 12.6 Å². The summed E-state index contributed by atoms with van der Waals surface area (Å²) in [6, 6.07) is 18.7. The molecule has 0 bridgehead atoms. The number of aliphatic hydroxyl groups is 2. The summed E-state index contributed by atoms with van der Waals surface area (Å²) in [4.78, 5) is 23.5. The monoisotopic (exact) mass is 559 g/mol. The number of carbonyl (C=O) groups is 1. The van der Waals surface area contributed by atoms with Crippen LogP contribution >= 0.6 is 0 Å². The largest absolute Gasteiger partial charge is 0.466 e. The van der Waals surface area contributed by atoms with Crippen LogP contribution in [0.15, 0.2) is 73.1 Å². The standard InChI is InChI=1S/C32H37N3O6/c1-2-39-32(38)22-15-19-35(20-16-31(37)41-29-12-4-10-27-25(29)8-6-18-34-27)23(21-22)13-14-30(36)40-28-11-3-9-26-24(28)7-5-17-33-26/h3-12,17-18,22-23,30-31,36-37H,2,13-16,19-21H2,1H3/t22?,23?,30-,31-/m1/s1. The van der Waals surface area contributed by atoms with Gasteiger partial charge < -0.3 is 29.3 Å². The molecule has 1 aliphatic rings. The minimum atomic E-state index is -1.01. The molecule has 2 aromatic heterocycles. The third-order valence-electron chi connectivity index (χ3n) is 7.61. The summed E-state index contributed by atoms with van der Waals surface area (Å²) in [5.41, 5.74) is 1.60. The van der Waals surface area contributed by atoms with Crippen molar-refractivity contribution in [1.82, 2.24) is 14.9 Å². The molecule has 4 atom stereocenters. The molecule has 0 amide bonds. The Hall–Kier alpha value is -3.79. The van der Waals surface area contributed by atoms with E-state index in [1.54, 1.807) is 12.4 Å². The lowest BCUT2D eigenvalue weighted by molar-refractivity contribution is -0.150. The normalized spacial score (nSPS) is 19.1. The molecule has 9 heteroatoms. The molecule has 1 fully saturated rings. The van der Waals surface area contributed by atoms with Gasteiger partial charge in [-0.25, -0.2) is 0 Å². The fraction of sp³-hybridized carbons (Fsp3) is 0.406. The number of ether oxygens (including phenoxy) is 3. The Kier molecular flexibility index (Phi) is 9.61. The quantitative estimate of drug-likeness (QED) is 0.188. The van der Waals surface area contributed by atoms with Crippen molar-refractivity contribution in [1.29, 1.82) is 0 Å². The summed E-state index contributed by atoms with van der Waals surface area (Å²) >= 11 is 0. The number of esters is 1. The number of aromatic nitrogens is 2. The van der Waals surface area contributed by atoms with Crippen molar-refractivity contribution in [2.75, 3.05) is 19.7 Å². The van der Waals surface area contributed by atoms with Crippen LogP contribution in [0.3, 0.4) is 0 Å². The van der Waals surface area contributed by atoms with Crippen molar-refractivity contribution in [2.24, 2.45) is 5.92 Å². The maximum absolute atomic E-state index is 12.5.